The van der Waals surface area contributed by atoms with Gasteiger partial charge in [0.05, 0.1) is 19.1 Å². The van der Waals surface area contributed by atoms with Crippen LogP contribution in [0.15, 0.2) is 42.5 Å². The van der Waals surface area contributed by atoms with Crippen molar-refractivity contribution in [2.75, 3.05) is 25.6 Å². The molecule has 7 nitrogen and oxygen atoms in total. The zero-order chi connectivity index (χ0) is 24.0. The molecule has 0 aliphatic carbocycles. The highest BCUT2D eigenvalue weighted by molar-refractivity contribution is 5.94. The molecule has 0 bridgehead atoms. The van der Waals surface area contributed by atoms with Gasteiger partial charge in [-0.15, -0.1) is 0 Å². The molecule has 1 aliphatic rings. The maximum absolute atomic E-state index is 13.0. The Balaban J connectivity index is 1.69. The van der Waals surface area contributed by atoms with Crippen LogP contribution < -0.4 is 10.1 Å². The van der Waals surface area contributed by atoms with Gasteiger partial charge in [-0.2, -0.15) is 0 Å². The number of ether oxygens (including phenoxy) is 2. The normalized spacial score (nSPS) is 17.7. The first kappa shape index (κ1) is 24.3. The summed E-state index contributed by atoms with van der Waals surface area (Å²) >= 11 is 0. The van der Waals surface area contributed by atoms with Crippen LogP contribution in [0.3, 0.4) is 0 Å². The van der Waals surface area contributed by atoms with Gasteiger partial charge < -0.3 is 19.7 Å². The number of hydrogen-bond donors (Lipinski definition) is 1. The summed E-state index contributed by atoms with van der Waals surface area (Å²) in [5.41, 5.74) is 3.68. The quantitative estimate of drug-likeness (QED) is 0.577. The molecule has 1 N–H and O–H groups in total. The highest BCUT2D eigenvalue weighted by atomic mass is 16.5. The van der Waals surface area contributed by atoms with Gasteiger partial charge in [0.15, 0.2) is 6.61 Å². The minimum atomic E-state index is -0.669. The highest BCUT2D eigenvalue weighted by Gasteiger charge is 2.45. The molecule has 1 fully saturated rings. The second kappa shape index (κ2) is 11.0. The molecule has 0 saturated carbocycles. The number of esters is 1. The second-order valence-corrected chi connectivity index (χ2v) is 8.42. The van der Waals surface area contributed by atoms with Gasteiger partial charge in [0.1, 0.15) is 5.75 Å². The van der Waals surface area contributed by atoms with Crippen molar-refractivity contribution in [3.63, 3.8) is 0 Å². The molecule has 1 aliphatic heterocycles. The number of benzene rings is 2. The Labute approximate surface area is 195 Å². The fraction of sp³-hybridized carbons (Fsp3) is 0.423. The number of unbranched alkanes of at least 4 members (excludes halogenated alkanes) is 1. The van der Waals surface area contributed by atoms with E-state index < -0.39 is 30.4 Å². The lowest BCUT2D eigenvalue weighted by atomic mass is 9.93. The first-order valence-electron chi connectivity index (χ1n) is 11.3. The monoisotopic (exact) mass is 452 g/mol. The lowest BCUT2D eigenvalue weighted by molar-refractivity contribution is -0.152. The third kappa shape index (κ3) is 5.92. The number of rotatable bonds is 9. The van der Waals surface area contributed by atoms with Crippen molar-refractivity contribution < 1.29 is 23.9 Å². The maximum Gasteiger partial charge on any atom is 0.312 e. The van der Waals surface area contributed by atoms with E-state index in [9.17, 15) is 14.4 Å². The summed E-state index contributed by atoms with van der Waals surface area (Å²) in [4.78, 5) is 39.8. The van der Waals surface area contributed by atoms with Crippen molar-refractivity contribution in [2.45, 2.75) is 46.1 Å². The van der Waals surface area contributed by atoms with Gasteiger partial charge in [0.25, 0.3) is 5.91 Å². The van der Waals surface area contributed by atoms with Gasteiger partial charge in [0, 0.05) is 18.7 Å². The molecule has 1 heterocycles. The molecule has 0 radical (unpaired) electrons. The topological polar surface area (TPSA) is 84.9 Å². The van der Waals surface area contributed by atoms with E-state index in [0.717, 1.165) is 29.5 Å². The lowest BCUT2D eigenvalue weighted by Crippen LogP contribution is -2.32. The van der Waals surface area contributed by atoms with E-state index in [1.807, 2.05) is 56.3 Å². The van der Waals surface area contributed by atoms with E-state index in [1.165, 1.54) is 0 Å². The molecule has 0 aromatic heterocycles. The number of carbonyl (C=O) groups is 3. The zero-order valence-corrected chi connectivity index (χ0v) is 19.7. The average molecular weight is 453 g/mol. The number of amides is 2. The van der Waals surface area contributed by atoms with Gasteiger partial charge in [-0.05, 0) is 61.2 Å². The number of likely N-dealkylation sites (tertiary alicyclic amines) is 1. The van der Waals surface area contributed by atoms with Crippen molar-refractivity contribution in [1.29, 1.82) is 0 Å². The van der Waals surface area contributed by atoms with E-state index in [-0.39, 0.29) is 12.3 Å². The van der Waals surface area contributed by atoms with Gasteiger partial charge in [-0.25, -0.2) is 0 Å². The Bertz CT molecular complexity index is 1000. The number of carbonyl (C=O) groups excluding carboxylic acids is 3. The molecule has 2 aromatic rings. The minimum absolute atomic E-state index is 0.0675. The van der Waals surface area contributed by atoms with Crippen LogP contribution in [0.2, 0.25) is 0 Å². The summed E-state index contributed by atoms with van der Waals surface area (Å²) in [5.74, 6) is -1.01. The Morgan fingerprint density at radius 1 is 1.09 bits per heavy atom. The van der Waals surface area contributed by atoms with Crippen molar-refractivity contribution in [1.82, 2.24) is 4.90 Å². The average Bonchev–Trinajstić information content (AvgIpc) is 3.14. The second-order valence-electron chi connectivity index (χ2n) is 8.42. The number of methoxy groups -OCH3 is 1. The maximum atomic E-state index is 13.0. The number of nitrogens with one attached hydrogen (secondary N) is 1. The molecule has 176 valence electrons. The van der Waals surface area contributed by atoms with Gasteiger partial charge >= 0.3 is 5.97 Å². The third-order valence-corrected chi connectivity index (χ3v) is 6.08. The molecule has 33 heavy (non-hydrogen) atoms. The molecule has 0 unspecified atom stereocenters. The van der Waals surface area contributed by atoms with E-state index in [2.05, 4.69) is 12.2 Å². The molecular formula is C26H32N2O5. The van der Waals surface area contributed by atoms with E-state index in [1.54, 1.807) is 12.0 Å². The van der Waals surface area contributed by atoms with Gasteiger partial charge in [-0.1, -0.05) is 31.5 Å². The predicted molar refractivity (Wildman–Crippen MR) is 126 cm³/mol. The molecule has 2 amide bonds. The summed E-state index contributed by atoms with van der Waals surface area (Å²) in [6.07, 6.45) is 1.85. The van der Waals surface area contributed by atoms with Crippen LogP contribution in [-0.4, -0.2) is 42.9 Å². The predicted octanol–water partition coefficient (Wildman–Crippen LogP) is 4.18. The molecule has 2 atom stereocenters. The highest BCUT2D eigenvalue weighted by Crippen LogP contribution is 2.39. The summed E-state index contributed by atoms with van der Waals surface area (Å²) in [7, 11) is 1.59. The minimum Gasteiger partial charge on any atom is -0.497 e. The zero-order valence-electron chi connectivity index (χ0n) is 19.7. The molecule has 2 aromatic carbocycles. The van der Waals surface area contributed by atoms with Gasteiger partial charge in [-0.3, -0.25) is 14.4 Å². The van der Waals surface area contributed by atoms with Crippen LogP contribution in [0.5, 0.6) is 5.75 Å². The molecule has 3 rings (SSSR count). The van der Waals surface area contributed by atoms with Crippen LogP contribution in [0.4, 0.5) is 5.69 Å². The summed E-state index contributed by atoms with van der Waals surface area (Å²) in [6, 6.07) is 12.5. The van der Waals surface area contributed by atoms with Gasteiger partial charge in [0.2, 0.25) is 5.91 Å². The fourth-order valence-corrected chi connectivity index (χ4v) is 4.07. The van der Waals surface area contributed by atoms with Crippen molar-refractivity contribution in [2.24, 2.45) is 5.92 Å². The van der Waals surface area contributed by atoms with E-state index >= 15 is 0 Å². The lowest BCUT2D eigenvalue weighted by Gasteiger charge is -2.28. The molecule has 0 spiro atoms. The number of aryl methyl sites for hydroxylation is 2. The third-order valence-electron chi connectivity index (χ3n) is 6.08. The smallest absolute Gasteiger partial charge is 0.312 e. The SMILES string of the molecule is CCCCN1C(=O)C[C@@H](C(=O)OCC(=O)Nc2ccc(C)c(C)c2)[C@@H]1c1ccc(OC)cc1. The van der Waals surface area contributed by atoms with Crippen LogP contribution >= 0.6 is 0 Å². The Morgan fingerprint density at radius 3 is 2.45 bits per heavy atom. The Kier molecular flexibility index (Phi) is 8.09. The summed E-state index contributed by atoms with van der Waals surface area (Å²) in [5, 5.41) is 2.75. The first-order chi connectivity index (χ1) is 15.8. The van der Waals surface area contributed by atoms with Crippen LogP contribution in [0.25, 0.3) is 0 Å². The van der Waals surface area contributed by atoms with Crippen molar-refractivity contribution >= 4 is 23.5 Å². The van der Waals surface area contributed by atoms with Crippen LogP contribution in [-0.2, 0) is 19.1 Å². The van der Waals surface area contributed by atoms with E-state index in [0.29, 0.717) is 18.0 Å². The number of hydrogen-bond acceptors (Lipinski definition) is 5. The van der Waals surface area contributed by atoms with Crippen LogP contribution in [0.1, 0.15) is 48.9 Å². The summed E-state index contributed by atoms with van der Waals surface area (Å²) < 4.78 is 10.6. The Hall–Kier alpha value is -3.35. The molecule has 1 saturated heterocycles. The number of nitrogens with zero attached hydrogens (tertiary/aromatic N) is 1. The standard InChI is InChI=1S/C26H32N2O5/c1-5-6-13-28-24(30)15-22(25(28)19-8-11-21(32-4)12-9-19)26(31)33-16-23(29)27-20-10-7-17(2)18(3)14-20/h7-12,14,22,25H,5-6,13,15-16H2,1-4H3,(H,27,29)/t22-,25+/m1/s1. The first-order valence-corrected chi connectivity index (χ1v) is 11.3. The molecular weight excluding hydrogens is 420 g/mol. The summed E-state index contributed by atoms with van der Waals surface area (Å²) in [6.45, 7) is 6.19. The fourth-order valence-electron chi connectivity index (χ4n) is 4.07. The van der Waals surface area contributed by atoms with Crippen molar-refractivity contribution in [3.8, 4) is 5.75 Å². The Morgan fingerprint density at radius 2 is 1.82 bits per heavy atom. The van der Waals surface area contributed by atoms with Crippen molar-refractivity contribution in [3.05, 3.63) is 59.2 Å². The largest absolute Gasteiger partial charge is 0.497 e. The van der Waals surface area contributed by atoms with E-state index in [4.69, 9.17) is 9.47 Å². The van der Waals surface area contributed by atoms with Crippen LogP contribution in [0, 0.1) is 19.8 Å². The number of anilines is 1. The molecule has 7 heteroatoms.